The van der Waals surface area contributed by atoms with Gasteiger partial charge in [0.05, 0.1) is 5.02 Å². The summed E-state index contributed by atoms with van der Waals surface area (Å²) in [6.07, 6.45) is 1.09. The average molecular weight is 387 g/mol. The second kappa shape index (κ2) is 6.27. The molecular weight excluding hydrogens is 373 g/mol. The Morgan fingerprint density at radius 1 is 1.40 bits per heavy atom. The molecular formula is C12H14BrClFNO3S. The first-order valence-electron chi connectivity index (χ1n) is 6.01. The van der Waals surface area contributed by atoms with Gasteiger partial charge in [0, 0.05) is 24.1 Å². The molecule has 4 nitrogen and oxygen atoms in total. The van der Waals surface area contributed by atoms with E-state index >= 15 is 0 Å². The van der Waals surface area contributed by atoms with Gasteiger partial charge in [-0.1, -0.05) is 27.5 Å². The number of sulfonamides is 1. The summed E-state index contributed by atoms with van der Waals surface area (Å²) in [4.78, 5) is -0.244. The number of ether oxygens (including phenoxy) is 1. The molecule has 8 heteroatoms. The Morgan fingerprint density at radius 2 is 2.05 bits per heavy atom. The molecule has 0 unspecified atom stereocenters. The van der Waals surface area contributed by atoms with Gasteiger partial charge in [-0.3, -0.25) is 0 Å². The van der Waals surface area contributed by atoms with Crippen LogP contribution in [-0.2, 0) is 14.8 Å². The predicted octanol–water partition coefficient (Wildman–Crippen LogP) is 2.70. The number of nitrogens with one attached hydrogen (secondary N) is 1. The molecule has 0 amide bonds. The minimum atomic E-state index is -3.89. The zero-order valence-corrected chi connectivity index (χ0v) is 13.7. The van der Waals surface area contributed by atoms with Gasteiger partial charge in [-0.15, -0.1) is 0 Å². The molecule has 0 aromatic heterocycles. The highest BCUT2D eigenvalue weighted by Gasteiger charge is 2.36. The van der Waals surface area contributed by atoms with E-state index in [2.05, 4.69) is 20.7 Å². The topological polar surface area (TPSA) is 55.4 Å². The van der Waals surface area contributed by atoms with Crippen LogP contribution in [0.4, 0.5) is 4.39 Å². The van der Waals surface area contributed by atoms with Crippen LogP contribution in [-0.4, -0.2) is 32.5 Å². The molecule has 112 valence electrons. The first-order chi connectivity index (χ1) is 9.38. The highest BCUT2D eigenvalue weighted by molar-refractivity contribution is 9.09. The van der Waals surface area contributed by atoms with Crippen LogP contribution >= 0.6 is 27.5 Å². The van der Waals surface area contributed by atoms with Crippen molar-refractivity contribution in [3.05, 3.63) is 29.0 Å². The monoisotopic (exact) mass is 385 g/mol. The number of hydrogen-bond donors (Lipinski definition) is 1. The van der Waals surface area contributed by atoms with Crippen LogP contribution in [0.2, 0.25) is 5.02 Å². The summed E-state index contributed by atoms with van der Waals surface area (Å²) in [5.41, 5.74) is -0.632. The van der Waals surface area contributed by atoms with E-state index in [9.17, 15) is 12.8 Å². The summed E-state index contributed by atoms with van der Waals surface area (Å²) >= 11 is 9.20. The van der Waals surface area contributed by atoms with Gasteiger partial charge in [0.2, 0.25) is 10.0 Å². The molecule has 1 heterocycles. The van der Waals surface area contributed by atoms with Gasteiger partial charge in [-0.05, 0) is 31.0 Å². The Hall–Kier alpha value is -0.210. The van der Waals surface area contributed by atoms with Crippen molar-refractivity contribution < 1.29 is 17.5 Å². The van der Waals surface area contributed by atoms with Crippen molar-refractivity contribution in [3.63, 3.8) is 0 Å². The van der Waals surface area contributed by atoms with Gasteiger partial charge < -0.3 is 4.74 Å². The Morgan fingerprint density at radius 3 is 2.65 bits per heavy atom. The second-order valence-electron chi connectivity index (χ2n) is 4.71. The third-order valence-corrected chi connectivity index (χ3v) is 6.37. The van der Waals surface area contributed by atoms with Crippen molar-refractivity contribution in [2.75, 3.05) is 18.5 Å². The summed E-state index contributed by atoms with van der Waals surface area (Å²) in [7, 11) is -3.89. The fourth-order valence-electron chi connectivity index (χ4n) is 2.05. The molecule has 1 saturated heterocycles. The lowest BCUT2D eigenvalue weighted by Crippen LogP contribution is -2.53. The van der Waals surface area contributed by atoms with Gasteiger partial charge in [-0.2, -0.15) is 0 Å². The zero-order chi connectivity index (χ0) is 14.8. The van der Waals surface area contributed by atoms with Crippen LogP contribution in [0.15, 0.2) is 23.1 Å². The quantitative estimate of drug-likeness (QED) is 0.810. The molecule has 1 N–H and O–H groups in total. The van der Waals surface area contributed by atoms with Crippen LogP contribution in [0.5, 0.6) is 0 Å². The Labute approximate surface area is 130 Å². The van der Waals surface area contributed by atoms with Crippen molar-refractivity contribution in [2.24, 2.45) is 0 Å². The highest BCUT2D eigenvalue weighted by atomic mass is 79.9. The van der Waals surface area contributed by atoms with Crippen molar-refractivity contribution in [1.29, 1.82) is 0 Å². The first-order valence-corrected chi connectivity index (χ1v) is 9.00. The lowest BCUT2D eigenvalue weighted by Gasteiger charge is -2.36. The smallest absolute Gasteiger partial charge is 0.242 e. The Kier molecular flexibility index (Phi) is 5.07. The third kappa shape index (κ3) is 3.51. The fourth-order valence-corrected chi connectivity index (χ4v) is 4.91. The van der Waals surface area contributed by atoms with Crippen molar-refractivity contribution in [3.8, 4) is 0 Å². The maximum atomic E-state index is 13.3. The minimum Gasteiger partial charge on any atom is -0.381 e. The second-order valence-corrected chi connectivity index (χ2v) is 7.33. The summed E-state index contributed by atoms with van der Waals surface area (Å²) < 4.78 is 46.0. The van der Waals surface area contributed by atoms with E-state index in [0.29, 0.717) is 31.4 Å². The standard InChI is InChI=1S/C12H14BrClFNO3S/c13-8-12(3-5-19-6-4-12)16-20(17,18)11-7-9(15)1-2-10(11)14/h1-2,7,16H,3-6,8H2. The number of alkyl halides is 1. The molecule has 1 fully saturated rings. The lowest BCUT2D eigenvalue weighted by atomic mass is 9.94. The van der Waals surface area contributed by atoms with Crippen LogP contribution in [0.3, 0.4) is 0 Å². The van der Waals surface area contributed by atoms with Crippen LogP contribution in [0, 0.1) is 5.82 Å². The highest BCUT2D eigenvalue weighted by Crippen LogP contribution is 2.28. The van der Waals surface area contributed by atoms with E-state index in [1.807, 2.05) is 0 Å². The van der Waals surface area contributed by atoms with E-state index in [1.165, 1.54) is 6.07 Å². The van der Waals surface area contributed by atoms with Gasteiger partial charge >= 0.3 is 0 Å². The van der Waals surface area contributed by atoms with Gasteiger partial charge in [0.25, 0.3) is 0 Å². The number of benzene rings is 1. The number of rotatable bonds is 4. The van der Waals surface area contributed by atoms with Crippen molar-refractivity contribution in [1.82, 2.24) is 4.72 Å². The largest absolute Gasteiger partial charge is 0.381 e. The normalized spacial score (nSPS) is 18.9. The summed E-state index contributed by atoms with van der Waals surface area (Å²) in [6.45, 7) is 0.954. The molecule has 0 aliphatic carbocycles. The lowest BCUT2D eigenvalue weighted by molar-refractivity contribution is 0.0557. The Bertz CT molecular complexity index is 590. The molecule has 1 aliphatic rings. The predicted molar refractivity (Wildman–Crippen MR) is 78.3 cm³/mol. The van der Waals surface area contributed by atoms with Crippen molar-refractivity contribution in [2.45, 2.75) is 23.3 Å². The molecule has 0 radical (unpaired) electrons. The van der Waals surface area contributed by atoms with Crippen LogP contribution < -0.4 is 4.72 Å². The third-order valence-electron chi connectivity index (χ3n) is 3.24. The van der Waals surface area contributed by atoms with E-state index < -0.39 is 21.4 Å². The molecule has 1 aromatic rings. The Balaban J connectivity index is 2.32. The van der Waals surface area contributed by atoms with Crippen LogP contribution in [0.1, 0.15) is 12.8 Å². The first kappa shape index (κ1) is 16.2. The van der Waals surface area contributed by atoms with E-state index in [1.54, 1.807) is 0 Å². The minimum absolute atomic E-state index is 0.00400. The summed E-state index contributed by atoms with van der Waals surface area (Å²) in [5, 5.41) is 0.450. The van der Waals surface area contributed by atoms with E-state index in [0.717, 1.165) is 12.1 Å². The molecule has 0 spiro atoms. The molecule has 2 rings (SSSR count). The fraction of sp³-hybridized carbons (Fsp3) is 0.500. The van der Waals surface area contributed by atoms with E-state index in [-0.39, 0.29) is 9.92 Å². The van der Waals surface area contributed by atoms with Crippen LogP contribution in [0.25, 0.3) is 0 Å². The molecule has 0 bridgehead atoms. The SMILES string of the molecule is O=S(=O)(NC1(CBr)CCOCC1)c1cc(F)ccc1Cl. The maximum absolute atomic E-state index is 13.3. The van der Waals surface area contributed by atoms with Crippen molar-refractivity contribution >= 4 is 37.6 Å². The van der Waals surface area contributed by atoms with E-state index in [4.69, 9.17) is 16.3 Å². The van der Waals surface area contributed by atoms with Gasteiger partial charge in [-0.25, -0.2) is 17.5 Å². The maximum Gasteiger partial charge on any atom is 0.242 e. The summed E-state index contributed by atoms with van der Waals surface area (Å²) in [6, 6.07) is 3.28. The number of hydrogen-bond acceptors (Lipinski definition) is 3. The molecule has 1 aliphatic heterocycles. The van der Waals surface area contributed by atoms with Gasteiger partial charge in [0.1, 0.15) is 10.7 Å². The zero-order valence-electron chi connectivity index (χ0n) is 10.5. The molecule has 1 aromatic carbocycles. The number of halogens is 3. The van der Waals surface area contributed by atoms with Gasteiger partial charge in [0.15, 0.2) is 0 Å². The summed E-state index contributed by atoms with van der Waals surface area (Å²) in [5.74, 6) is -0.644. The average Bonchev–Trinajstić information content (AvgIpc) is 2.42. The molecule has 0 saturated carbocycles. The molecule has 20 heavy (non-hydrogen) atoms. The molecule has 0 atom stereocenters.